The van der Waals surface area contributed by atoms with Gasteiger partial charge in [0.25, 0.3) is 0 Å². The highest BCUT2D eigenvalue weighted by atomic mass is 16.5. The largest absolute Gasteiger partial charge is 0.489 e. The second-order valence-electron chi connectivity index (χ2n) is 9.49. The minimum absolute atomic E-state index is 0.565. The first-order valence-corrected chi connectivity index (χ1v) is 13.1. The van der Waals surface area contributed by atoms with Gasteiger partial charge in [-0.15, -0.1) is 0 Å². The van der Waals surface area contributed by atoms with Crippen LogP contribution in [-0.4, -0.2) is 45.1 Å². The van der Waals surface area contributed by atoms with Gasteiger partial charge in [-0.3, -0.25) is 14.8 Å². The maximum absolute atomic E-state index is 6.07. The molecule has 0 amide bonds. The summed E-state index contributed by atoms with van der Waals surface area (Å²) in [6.45, 7) is 10.8. The Hall–Kier alpha value is -3.22. The van der Waals surface area contributed by atoms with Crippen molar-refractivity contribution < 1.29 is 4.74 Å². The zero-order chi connectivity index (χ0) is 25.0. The van der Waals surface area contributed by atoms with Gasteiger partial charge in [-0.05, 0) is 54.8 Å². The quantitative estimate of drug-likeness (QED) is 0.288. The van der Waals surface area contributed by atoms with Crippen molar-refractivity contribution in [3.63, 3.8) is 0 Å². The lowest BCUT2D eigenvalue weighted by Gasteiger charge is -2.21. The number of nitrogens with zero attached hydrogens (tertiary/aromatic N) is 4. The lowest BCUT2D eigenvalue weighted by molar-refractivity contribution is 0.266. The van der Waals surface area contributed by atoms with Crippen molar-refractivity contribution in [3.8, 4) is 5.75 Å². The number of H-pyrrole nitrogens is 1. The first-order chi connectivity index (χ1) is 17.7. The van der Waals surface area contributed by atoms with Crippen molar-refractivity contribution in [2.75, 3.05) is 19.6 Å². The van der Waals surface area contributed by atoms with Crippen molar-refractivity contribution >= 4 is 5.71 Å². The van der Waals surface area contributed by atoms with E-state index in [1.54, 1.807) is 6.20 Å². The molecule has 0 aliphatic carbocycles. The minimum atomic E-state index is 0.565. The second-order valence-corrected chi connectivity index (χ2v) is 9.49. The van der Waals surface area contributed by atoms with E-state index in [2.05, 4.69) is 93.2 Å². The summed E-state index contributed by atoms with van der Waals surface area (Å²) in [4.78, 5) is 17.0. The highest BCUT2D eigenvalue weighted by Crippen LogP contribution is 2.17. The van der Waals surface area contributed by atoms with Crippen LogP contribution in [0.3, 0.4) is 0 Å². The molecule has 1 aliphatic heterocycles. The predicted octanol–water partition coefficient (Wildman–Crippen LogP) is 5.97. The summed E-state index contributed by atoms with van der Waals surface area (Å²) in [6.07, 6.45) is 11.0. The Kier molecular flexibility index (Phi) is 9.88. The molecule has 0 atom stereocenters. The Morgan fingerprint density at radius 3 is 2.08 bits per heavy atom. The number of aliphatic imine (C=N–C) groups is 1. The smallest absolute Gasteiger partial charge is 0.120 e. The summed E-state index contributed by atoms with van der Waals surface area (Å²) in [5.41, 5.74) is 4.97. The van der Waals surface area contributed by atoms with Gasteiger partial charge in [0, 0.05) is 50.4 Å². The molecule has 1 aliphatic rings. The molecule has 3 aromatic rings. The maximum atomic E-state index is 6.07. The Balaban J connectivity index is 1.28. The van der Waals surface area contributed by atoms with E-state index in [4.69, 9.17) is 4.74 Å². The molecule has 6 nitrogen and oxygen atoms in total. The van der Waals surface area contributed by atoms with Gasteiger partial charge < -0.3 is 9.72 Å². The summed E-state index contributed by atoms with van der Waals surface area (Å²) < 4.78 is 6.07. The van der Waals surface area contributed by atoms with Crippen LogP contribution in [0.1, 0.15) is 55.6 Å². The van der Waals surface area contributed by atoms with Crippen LogP contribution in [-0.2, 0) is 26.2 Å². The van der Waals surface area contributed by atoms with Gasteiger partial charge >= 0.3 is 0 Å². The van der Waals surface area contributed by atoms with Gasteiger partial charge in [0.2, 0.25) is 0 Å². The molecule has 0 unspecified atom stereocenters. The molecule has 6 heteroatoms. The fourth-order valence-electron chi connectivity index (χ4n) is 4.54. The number of aromatic nitrogens is 2. The van der Waals surface area contributed by atoms with Crippen LogP contribution in [0, 0.1) is 0 Å². The maximum Gasteiger partial charge on any atom is 0.120 e. The molecule has 1 aromatic heterocycles. The molecule has 0 radical (unpaired) electrons. The van der Waals surface area contributed by atoms with Crippen molar-refractivity contribution in [3.05, 3.63) is 95.7 Å². The third-order valence-electron chi connectivity index (χ3n) is 6.29. The first-order valence-electron chi connectivity index (χ1n) is 13.1. The fraction of sp³-hybridized carbons (Fsp3) is 0.400. The molecule has 0 bridgehead atoms. The van der Waals surface area contributed by atoms with E-state index in [9.17, 15) is 0 Å². The number of hydrogen-bond acceptors (Lipinski definition) is 5. The lowest BCUT2D eigenvalue weighted by atomic mass is 10.1. The third-order valence-corrected chi connectivity index (χ3v) is 6.29. The van der Waals surface area contributed by atoms with Gasteiger partial charge in [-0.25, -0.2) is 4.98 Å². The van der Waals surface area contributed by atoms with E-state index in [0.717, 1.165) is 57.3 Å². The van der Waals surface area contributed by atoms with Crippen LogP contribution in [0.5, 0.6) is 5.75 Å². The van der Waals surface area contributed by atoms with Crippen LogP contribution in [0.4, 0.5) is 0 Å². The highest BCUT2D eigenvalue weighted by Gasteiger charge is 2.13. The number of aromatic amines is 1. The number of imidazole rings is 1. The fourth-order valence-corrected chi connectivity index (χ4v) is 4.54. The lowest BCUT2D eigenvalue weighted by Crippen LogP contribution is -2.29. The van der Waals surface area contributed by atoms with Crippen LogP contribution in [0.2, 0.25) is 0 Å². The normalized spacial score (nSPS) is 13.1. The molecule has 36 heavy (non-hydrogen) atoms. The molecule has 0 saturated heterocycles. The number of allylic oxidation sites excluding steroid dienone is 1. The van der Waals surface area contributed by atoms with Crippen LogP contribution >= 0.6 is 0 Å². The topological polar surface area (TPSA) is 56.8 Å². The molecular weight excluding hydrogens is 446 g/mol. The van der Waals surface area contributed by atoms with Gasteiger partial charge in [-0.1, -0.05) is 56.3 Å². The Labute approximate surface area is 215 Å². The first kappa shape index (κ1) is 25.9. The summed E-state index contributed by atoms with van der Waals surface area (Å²) >= 11 is 0. The zero-order valence-electron chi connectivity index (χ0n) is 21.7. The molecule has 190 valence electrons. The molecule has 4 rings (SSSR count). The molecule has 0 fully saturated rings. The average Bonchev–Trinajstić information content (AvgIpc) is 3.59. The SMILES string of the molecule is CCCN(CCC)Cc1ccc(OCc2ccc(CN(CC3=NC=CC3)Cc3ncc[nH]3)cc2)cc1. The molecule has 1 N–H and O–H groups in total. The highest BCUT2D eigenvalue weighted by molar-refractivity contribution is 5.89. The number of ether oxygens (including phenoxy) is 1. The monoisotopic (exact) mass is 485 g/mol. The third kappa shape index (κ3) is 8.18. The summed E-state index contributed by atoms with van der Waals surface area (Å²) in [7, 11) is 0. The summed E-state index contributed by atoms with van der Waals surface area (Å²) in [6, 6.07) is 17.3. The molecule has 0 spiro atoms. The van der Waals surface area contributed by atoms with Gasteiger partial charge in [0.05, 0.1) is 6.54 Å². The van der Waals surface area contributed by atoms with Crippen molar-refractivity contribution in [1.29, 1.82) is 0 Å². The minimum Gasteiger partial charge on any atom is -0.489 e. The van der Waals surface area contributed by atoms with E-state index >= 15 is 0 Å². The second kappa shape index (κ2) is 13.8. The molecule has 2 aromatic carbocycles. The Bertz CT molecular complexity index is 1080. The van der Waals surface area contributed by atoms with Gasteiger partial charge in [0.15, 0.2) is 0 Å². The summed E-state index contributed by atoms with van der Waals surface area (Å²) in [5.74, 6) is 1.89. The van der Waals surface area contributed by atoms with Gasteiger partial charge in [0.1, 0.15) is 18.2 Å². The van der Waals surface area contributed by atoms with Crippen molar-refractivity contribution in [2.45, 2.75) is 59.4 Å². The van der Waals surface area contributed by atoms with Crippen LogP contribution < -0.4 is 4.74 Å². The van der Waals surface area contributed by atoms with Crippen LogP contribution in [0.25, 0.3) is 0 Å². The van der Waals surface area contributed by atoms with Crippen molar-refractivity contribution in [1.82, 2.24) is 19.8 Å². The number of rotatable bonds is 15. The molecule has 0 saturated carbocycles. The van der Waals surface area contributed by atoms with E-state index in [-0.39, 0.29) is 0 Å². The molecule has 2 heterocycles. The van der Waals surface area contributed by atoms with Crippen LogP contribution in [0.15, 0.2) is 78.2 Å². The van der Waals surface area contributed by atoms with E-state index in [1.807, 2.05) is 12.4 Å². The Morgan fingerprint density at radius 1 is 0.806 bits per heavy atom. The number of benzene rings is 2. The van der Waals surface area contributed by atoms with E-state index in [0.29, 0.717) is 6.61 Å². The zero-order valence-corrected chi connectivity index (χ0v) is 21.7. The number of nitrogens with one attached hydrogen (secondary N) is 1. The molecular formula is C30H39N5O. The summed E-state index contributed by atoms with van der Waals surface area (Å²) in [5, 5.41) is 0. The van der Waals surface area contributed by atoms with Gasteiger partial charge in [-0.2, -0.15) is 0 Å². The van der Waals surface area contributed by atoms with E-state index < -0.39 is 0 Å². The standard InChI is InChI=1S/C30H39N5O/c1-3-18-34(19-4-2)20-26-11-13-29(14-12-26)36-24-27-9-7-25(8-10-27)21-35(22-28-6-5-15-31-28)23-30-32-16-17-33-30/h5,7-17H,3-4,6,18-24H2,1-2H3,(H,32,33). The average molecular weight is 486 g/mol. The Morgan fingerprint density at radius 2 is 1.47 bits per heavy atom. The predicted molar refractivity (Wildman–Crippen MR) is 147 cm³/mol. The van der Waals surface area contributed by atoms with E-state index in [1.165, 1.54) is 35.2 Å². The number of hydrogen-bond donors (Lipinski definition) is 1. The van der Waals surface area contributed by atoms with Crippen molar-refractivity contribution in [2.24, 2.45) is 4.99 Å².